The number of rotatable bonds is 7. The number of hydrogen-bond donors (Lipinski definition) is 3. The Morgan fingerprint density at radius 1 is 1.15 bits per heavy atom. The van der Waals surface area contributed by atoms with E-state index in [1.807, 2.05) is 30.3 Å². The summed E-state index contributed by atoms with van der Waals surface area (Å²) in [5.74, 6) is -0.194. The second-order valence-corrected chi connectivity index (χ2v) is 7.82. The molecule has 2 aromatic rings. The van der Waals surface area contributed by atoms with Gasteiger partial charge >= 0.3 is 0 Å². The zero-order chi connectivity index (χ0) is 18.4. The summed E-state index contributed by atoms with van der Waals surface area (Å²) in [6.07, 6.45) is 0.160. The molecule has 1 amide bonds. The van der Waals surface area contributed by atoms with E-state index in [-0.39, 0.29) is 36.5 Å². The Kier molecular flexibility index (Phi) is 8.08. The van der Waals surface area contributed by atoms with Gasteiger partial charge in [0.2, 0.25) is 15.9 Å². The minimum Gasteiger partial charge on any atom is -0.326 e. The monoisotopic (exact) mass is 397 g/mol. The third kappa shape index (κ3) is 6.33. The van der Waals surface area contributed by atoms with Crippen molar-refractivity contribution < 1.29 is 13.2 Å². The first-order valence-corrected chi connectivity index (χ1v) is 9.67. The molecule has 0 aliphatic heterocycles. The number of halogens is 1. The molecule has 8 heteroatoms. The average Bonchev–Trinajstić information content (AvgIpc) is 2.58. The van der Waals surface area contributed by atoms with Gasteiger partial charge in [0.05, 0.1) is 11.4 Å². The van der Waals surface area contributed by atoms with Gasteiger partial charge in [-0.2, -0.15) is 0 Å². The van der Waals surface area contributed by atoms with Crippen molar-refractivity contribution in [2.24, 2.45) is 5.73 Å². The predicted octanol–water partition coefficient (Wildman–Crippen LogP) is 3.21. The normalized spacial score (nSPS) is 12.0. The molecule has 2 rings (SSSR count). The van der Waals surface area contributed by atoms with Gasteiger partial charge in [0, 0.05) is 18.2 Å². The first-order chi connectivity index (χ1) is 11.8. The maximum Gasteiger partial charge on any atom is 0.232 e. The number of sulfonamides is 1. The Labute approximate surface area is 160 Å². The minimum absolute atomic E-state index is 0. The molecule has 4 N–H and O–H groups in total. The van der Waals surface area contributed by atoms with Crippen LogP contribution in [0.2, 0.25) is 0 Å². The zero-order valence-corrected chi connectivity index (χ0v) is 16.4. The van der Waals surface area contributed by atoms with Crippen LogP contribution in [0, 0.1) is 6.92 Å². The quantitative estimate of drug-likeness (QED) is 0.667. The number of hydrogen-bond acceptors (Lipinski definition) is 4. The Hall–Kier alpha value is -2.09. The van der Waals surface area contributed by atoms with Gasteiger partial charge in [-0.15, -0.1) is 12.4 Å². The predicted molar refractivity (Wildman–Crippen MR) is 108 cm³/mol. The molecule has 0 aliphatic carbocycles. The second-order valence-electron chi connectivity index (χ2n) is 5.80. The number of carbonyl (C=O) groups excluding carboxylic acids is 1. The number of anilines is 2. The van der Waals surface area contributed by atoms with E-state index in [2.05, 4.69) is 10.0 Å². The SMILES string of the molecule is CCS(=O)(=O)Nc1ccc(NC(=O)CC(N)c2ccccc2)cc1C.Cl. The standard InChI is InChI=1S/C18H23N3O3S.ClH/c1-3-25(23,24)21-17-10-9-15(11-13(17)2)20-18(22)12-16(19)14-7-5-4-6-8-14;/h4-11,16,21H,3,12,19H2,1-2H3,(H,20,22);1H. The molecule has 6 nitrogen and oxygen atoms in total. The molecule has 0 saturated carbocycles. The summed E-state index contributed by atoms with van der Waals surface area (Å²) in [5, 5.41) is 2.79. The van der Waals surface area contributed by atoms with Crippen molar-refractivity contribution >= 4 is 39.7 Å². The number of carbonyl (C=O) groups is 1. The van der Waals surface area contributed by atoms with Gasteiger partial charge in [-0.25, -0.2) is 8.42 Å². The third-order valence-corrected chi connectivity index (χ3v) is 5.08. The topological polar surface area (TPSA) is 101 Å². The fraction of sp³-hybridized carbons (Fsp3) is 0.278. The molecule has 2 aromatic carbocycles. The summed E-state index contributed by atoms with van der Waals surface area (Å²) >= 11 is 0. The van der Waals surface area contributed by atoms with Crippen molar-refractivity contribution in [3.63, 3.8) is 0 Å². The molecule has 0 aromatic heterocycles. The van der Waals surface area contributed by atoms with Crippen LogP contribution >= 0.6 is 12.4 Å². The molecule has 0 radical (unpaired) electrons. The molecule has 26 heavy (non-hydrogen) atoms. The maximum absolute atomic E-state index is 12.2. The molecule has 142 valence electrons. The Bertz CT molecular complexity index is 842. The number of nitrogens with two attached hydrogens (primary N) is 1. The summed E-state index contributed by atoms with van der Waals surface area (Å²) in [7, 11) is -3.33. The van der Waals surface area contributed by atoms with Crippen molar-refractivity contribution in [2.45, 2.75) is 26.3 Å². The fourth-order valence-corrected chi connectivity index (χ4v) is 3.03. The van der Waals surface area contributed by atoms with E-state index in [9.17, 15) is 13.2 Å². The van der Waals surface area contributed by atoms with Gasteiger partial charge in [-0.3, -0.25) is 9.52 Å². The van der Waals surface area contributed by atoms with Crippen molar-refractivity contribution in [2.75, 3.05) is 15.8 Å². The molecule has 1 atom stereocenters. The average molecular weight is 398 g/mol. The highest BCUT2D eigenvalue weighted by Gasteiger charge is 2.13. The van der Waals surface area contributed by atoms with Crippen LogP contribution in [0.25, 0.3) is 0 Å². The van der Waals surface area contributed by atoms with Crippen LogP contribution in [0.15, 0.2) is 48.5 Å². The molecule has 1 unspecified atom stereocenters. The largest absolute Gasteiger partial charge is 0.326 e. The van der Waals surface area contributed by atoms with Crippen LogP contribution in [-0.2, 0) is 14.8 Å². The Balaban J connectivity index is 0.00000338. The third-order valence-electron chi connectivity index (χ3n) is 3.79. The number of amides is 1. The maximum atomic E-state index is 12.2. The van der Waals surface area contributed by atoms with Crippen LogP contribution < -0.4 is 15.8 Å². The summed E-state index contributed by atoms with van der Waals surface area (Å²) in [5.41, 5.74) is 8.78. The molecular formula is C18H24ClN3O3S. The first kappa shape index (κ1) is 22.0. The van der Waals surface area contributed by atoms with Crippen molar-refractivity contribution in [3.05, 3.63) is 59.7 Å². The van der Waals surface area contributed by atoms with E-state index >= 15 is 0 Å². The van der Waals surface area contributed by atoms with Gasteiger partial charge in [0.15, 0.2) is 0 Å². The van der Waals surface area contributed by atoms with Crippen LogP contribution in [0.1, 0.15) is 30.5 Å². The lowest BCUT2D eigenvalue weighted by Crippen LogP contribution is -2.20. The van der Waals surface area contributed by atoms with Gasteiger partial charge in [-0.1, -0.05) is 30.3 Å². The van der Waals surface area contributed by atoms with E-state index in [4.69, 9.17) is 5.73 Å². The lowest BCUT2D eigenvalue weighted by Gasteiger charge is -2.14. The van der Waals surface area contributed by atoms with E-state index in [0.717, 1.165) is 11.1 Å². The molecule has 0 spiro atoms. The lowest BCUT2D eigenvalue weighted by molar-refractivity contribution is -0.116. The summed E-state index contributed by atoms with van der Waals surface area (Å²) in [6, 6.07) is 14.1. The van der Waals surface area contributed by atoms with Crippen LogP contribution in [0.3, 0.4) is 0 Å². The zero-order valence-electron chi connectivity index (χ0n) is 14.7. The lowest BCUT2D eigenvalue weighted by atomic mass is 10.0. The minimum atomic E-state index is -3.33. The number of benzene rings is 2. The molecule has 0 aliphatic rings. The van der Waals surface area contributed by atoms with Crippen LogP contribution in [0.5, 0.6) is 0 Å². The summed E-state index contributed by atoms with van der Waals surface area (Å²) in [4.78, 5) is 12.2. The summed E-state index contributed by atoms with van der Waals surface area (Å²) in [6.45, 7) is 3.35. The smallest absolute Gasteiger partial charge is 0.232 e. The van der Waals surface area contributed by atoms with E-state index < -0.39 is 10.0 Å². The van der Waals surface area contributed by atoms with Crippen LogP contribution in [-0.4, -0.2) is 20.1 Å². The van der Waals surface area contributed by atoms with Gasteiger partial charge in [0.1, 0.15) is 0 Å². The molecule has 0 heterocycles. The summed E-state index contributed by atoms with van der Waals surface area (Å²) < 4.78 is 25.8. The molecule has 0 saturated heterocycles. The Morgan fingerprint density at radius 3 is 2.38 bits per heavy atom. The molecule has 0 bridgehead atoms. The van der Waals surface area contributed by atoms with E-state index in [0.29, 0.717) is 11.4 Å². The van der Waals surface area contributed by atoms with Gasteiger partial charge in [0.25, 0.3) is 0 Å². The van der Waals surface area contributed by atoms with Crippen molar-refractivity contribution in [1.29, 1.82) is 0 Å². The van der Waals surface area contributed by atoms with E-state index in [1.165, 1.54) is 0 Å². The first-order valence-electron chi connectivity index (χ1n) is 8.02. The molecular weight excluding hydrogens is 374 g/mol. The fourth-order valence-electron chi connectivity index (χ4n) is 2.33. The highest BCUT2D eigenvalue weighted by Crippen LogP contribution is 2.22. The van der Waals surface area contributed by atoms with Crippen molar-refractivity contribution in [1.82, 2.24) is 0 Å². The number of nitrogens with one attached hydrogen (secondary N) is 2. The Morgan fingerprint density at radius 2 is 1.81 bits per heavy atom. The van der Waals surface area contributed by atoms with Gasteiger partial charge < -0.3 is 11.1 Å². The van der Waals surface area contributed by atoms with Crippen LogP contribution in [0.4, 0.5) is 11.4 Å². The number of aryl methyl sites for hydroxylation is 1. The van der Waals surface area contributed by atoms with Crippen molar-refractivity contribution in [3.8, 4) is 0 Å². The van der Waals surface area contributed by atoms with Gasteiger partial charge in [-0.05, 0) is 43.2 Å². The second kappa shape index (κ2) is 9.56. The molecule has 0 fully saturated rings. The van der Waals surface area contributed by atoms with E-state index in [1.54, 1.807) is 32.0 Å². The highest BCUT2D eigenvalue weighted by molar-refractivity contribution is 7.92. The highest BCUT2D eigenvalue weighted by atomic mass is 35.5.